The van der Waals surface area contributed by atoms with Crippen LogP contribution in [0.15, 0.2) is 35.5 Å². The van der Waals surface area contributed by atoms with Crippen molar-refractivity contribution < 1.29 is 14.3 Å². The number of aromatic nitrogens is 4. The largest absolute Gasteiger partial charge is 0.474 e. The monoisotopic (exact) mass is 489 g/mol. The van der Waals surface area contributed by atoms with Gasteiger partial charge in [0.25, 0.3) is 11.5 Å². The van der Waals surface area contributed by atoms with Gasteiger partial charge in [-0.1, -0.05) is 0 Å². The lowest BCUT2D eigenvalue weighted by Crippen LogP contribution is -2.26. The van der Waals surface area contributed by atoms with Gasteiger partial charge in [0.15, 0.2) is 0 Å². The number of hydrogen-bond acceptors (Lipinski definition) is 6. The highest BCUT2D eigenvalue weighted by Crippen LogP contribution is 2.72. The van der Waals surface area contributed by atoms with Crippen LogP contribution in [-0.2, 0) is 10.2 Å². The summed E-state index contributed by atoms with van der Waals surface area (Å²) in [5, 5.41) is 2.82. The summed E-state index contributed by atoms with van der Waals surface area (Å²) in [6, 6.07) is 3.72. The van der Waals surface area contributed by atoms with Crippen LogP contribution in [0.1, 0.15) is 81.4 Å². The summed E-state index contributed by atoms with van der Waals surface area (Å²) in [5.74, 6) is 0.259. The molecule has 36 heavy (non-hydrogen) atoms. The van der Waals surface area contributed by atoms with Crippen molar-refractivity contribution >= 4 is 17.4 Å². The Balaban J connectivity index is 1.23. The number of pyridine rings is 1. The van der Waals surface area contributed by atoms with Crippen molar-refractivity contribution in [3.63, 3.8) is 0 Å². The van der Waals surface area contributed by atoms with Crippen molar-refractivity contribution in [2.75, 3.05) is 11.9 Å². The van der Waals surface area contributed by atoms with Gasteiger partial charge in [-0.25, -0.2) is 4.98 Å². The summed E-state index contributed by atoms with van der Waals surface area (Å²) >= 11 is 0. The molecule has 9 nitrogen and oxygen atoms in total. The van der Waals surface area contributed by atoms with Gasteiger partial charge in [-0.3, -0.25) is 14.0 Å². The Labute approximate surface area is 208 Å². The fourth-order valence-corrected chi connectivity index (χ4v) is 6.34. The van der Waals surface area contributed by atoms with E-state index in [4.69, 9.17) is 14.5 Å². The van der Waals surface area contributed by atoms with E-state index in [1.807, 2.05) is 32.3 Å². The number of imidazole rings is 1. The number of anilines is 1. The lowest BCUT2D eigenvalue weighted by Gasteiger charge is -2.24. The van der Waals surface area contributed by atoms with E-state index in [1.165, 1.54) is 12.8 Å². The first-order valence-corrected chi connectivity index (χ1v) is 12.9. The molecule has 1 N–H and O–H groups in total. The molecule has 0 unspecified atom stereocenters. The van der Waals surface area contributed by atoms with E-state index < -0.39 is 5.91 Å². The fourth-order valence-electron chi connectivity index (χ4n) is 6.34. The normalized spacial score (nSPS) is 29.3. The maximum Gasteiger partial charge on any atom is 0.274 e. The molecule has 3 aromatic rings. The SMILES string of the molecule is CC(C)Oc1nc2nc([C@@]34CC[C@@](C)(C3)OC4)cn2cc1C(=O)Nc1cccn([C@@H]2CC23CC3)c1=O. The van der Waals surface area contributed by atoms with Crippen LogP contribution in [0, 0.1) is 5.41 Å². The van der Waals surface area contributed by atoms with Gasteiger partial charge in [0, 0.05) is 30.0 Å². The Morgan fingerprint density at radius 1 is 1.22 bits per heavy atom. The number of fused-ring (bicyclic) bond motifs is 3. The zero-order valence-electron chi connectivity index (χ0n) is 20.9. The molecule has 7 rings (SSSR count). The topological polar surface area (TPSA) is 99.8 Å². The number of carbonyl (C=O) groups is 1. The van der Waals surface area contributed by atoms with Crippen molar-refractivity contribution in [3.8, 4) is 5.88 Å². The molecular weight excluding hydrogens is 458 g/mol. The highest BCUT2D eigenvalue weighted by molar-refractivity contribution is 6.05. The number of carbonyl (C=O) groups excluding carboxylic acids is 1. The third-order valence-corrected chi connectivity index (χ3v) is 8.69. The zero-order valence-corrected chi connectivity index (χ0v) is 20.9. The van der Waals surface area contributed by atoms with Crippen molar-refractivity contribution in [1.82, 2.24) is 18.9 Å². The van der Waals surface area contributed by atoms with E-state index in [0.29, 0.717) is 17.8 Å². The highest BCUT2D eigenvalue weighted by atomic mass is 16.5. The van der Waals surface area contributed by atoms with Crippen LogP contribution in [0.5, 0.6) is 5.88 Å². The van der Waals surface area contributed by atoms with Gasteiger partial charge in [0.2, 0.25) is 11.7 Å². The summed E-state index contributed by atoms with van der Waals surface area (Å²) < 4.78 is 15.5. The Hall–Kier alpha value is -3.20. The molecule has 0 radical (unpaired) electrons. The Morgan fingerprint density at radius 2 is 2.06 bits per heavy atom. The van der Waals surface area contributed by atoms with Crippen LogP contribution in [0.3, 0.4) is 0 Å². The first-order chi connectivity index (χ1) is 17.2. The second kappa shape index (κ2) is 7.18. The van der Waals surface area contributed by atoms with E-state index in [0.717, 1.165) is 31.4 Å². The standard InChI is InChI=1S/C27H31N5O4/c1-16(2)36-22-17(21(33)28-18-5-4-10-32(23(18)34)20-11-26(20)8-9-26)12-31-13-19(29-24(31)30-22)27-7-6-25(3,14-27)35-15-27/h4-5,10,12-13,16,20H,6-9,11,14-15H2,1-3H3,(H,28,33)/t20-,25+,27+/m1/s1. The molecule has 2 bridgehead atoms. The first kappa shape index (κ1) is 22.0. The van der Waals surface area contributed by atoms with E-state index in [-0.39, 0.29) is 45.9 Å². The Morgan fingerprint density at radius 3 is 2.69 bits per heavy atom. The van der Waals surface area contributed by atoms with Crippen LogP contribution in [-0.4, -0.2) is 43.2 Å². The van der Waals surface area contributed by atoms with Crippen LogP contribution in [0.4, 0.5) is 5.69 Å². The van der Waals surface area contributed by atoms with Crippen LogP contribution >= 0.6 is 0 Å². The van der Waals surface area contributed by atoms with Crippen molar-refractivity contribution in [2.45, 2.75) is 82.5 Å². The maximum absolute atomic E-state index is 13.4. The molecule has 1 spiro atoms. The summed E-state index contributed by atoms with van der Waals surface area (Å²) in [6.07, 6.45) is 11.7. The van der Waals surface area contributed by atoms with E-state index in [1.54, 1.807) is 21.2 Å². The molecule has 3 aliphatic carbocycles. The lowest BCUT2D eigenvalue weighted by molar-refractivity contribution is -0.00627. The number of hydrogen-bond donors (Lipinski definition) is 1. The highest BCUT2D eigenvalue weighted by Gasteiger charge is 2.64. The second-order valence-corrected chi connectivity index (χ2v) is 11.8. The average molecular weight is 490 g/mol. The molecule has 188 valence electrons. The van der Waals surface area contributed by atoms with Crippen molar-refractivity contribution in [1.29, 1.82) is 0 Å². The molecule has 4 fully saturated rings. The predicted octanol–water partition coefficient (Wildman–Crippen LogP) is 3.87. The minimum atomic E-state index is -0.433. The van der Waals surface area contributed by atoms with Crippen LogP contribution in [0.25, 0.3) is 5.78 Å². The average Bonchev–Trinajstić information content (AvgIpc) is 3.61. The van der Waals surface area contributed by atoms with Gasteiger partial charge in [-0.2, -0.15) is 4.98 Å². The third-order valence-electron chi connectivity index (χ3n) is 8.69. The number of amides is 1. The molecule has 3 atom stereocenters. The first-order valence-electron chi connectivity index (χ1n) is 12.9. The fraction of sp³-hybridized carbons (Fsp3) is 0.556. The number of rotatable bonds is 6. The number of ether oxygens (including phenoxy) is 2. The molecule has 1 amide bonds. The minimum Gasteiger partial charge on any atom is -0.474 e. The Bertz CT molecular complexity index is 1460. The Kier molecular flexibility index (Phi) is 4.40. The molecular formula is C27H31N5O4. The van der Waals surface area contributed by atoms with Crippen LogP contribution in [0.2, 0.25) is 0 Å². The minimum absolute atomic E-state index is 0.0810. The van der Waals surface area contributed by atoms with Gasteiger partial charge in [0.05, 0.1) is 24.0 Å². The molecule has 0 aromatic carbocycles. The molecule has 9 heteroatoms. The van der Waals surface area contributed by atoms with Gasteiger partial charge in [-0.15, -0.1) is 0 Å². The lowest BCUT2D eigenvalue weighted by atomic mass is 9.84. The van der Waals surface area contributed by atoms with E-state index in [2.05, 4.69) is 17.2 Å². The molecule has 4 aliphatic rings. The zero-order chi connectivity index (χ0) is 24.9. The maximum atomic E-state index is 13.4. The van der Waals surface area contributed by atoms with Gasteiger partial charge in [-0.05, 0) is 76.8 Å². The third kappa shape index (κ3) is 3.32. The smallest absolute Gasteiger partial charge is 0.274 e. The van der Waals surface area contributed by atoms with Crippen molar-refractivity contribution in [2.24, 2.45) is 5.41 Å². The molecule has 4 heterocycles. The summed E-state index contributed by atoms with van der Waals surface area (Å²) in [6.45, 7) is 6.59. The van der Waals surface area contributed by atoms with Gasteiger partial charge < -0.3 is 19.4 Å². The molecule has 3 saturated carbocycles. The molecule has 1 aliphatic heterocycles. The summed E-state index contributed by atoms with van der Waals surface area (Å²) in [5.41, 5.74) is 1.43. The summed E-state index contributed by atoms with van der Waals surface area (Å²) in [4.78, 5) is 36.0. The van der Waals surface area contributed by atoms with E-state index in [9.17, 15) is 9.59 Å². The molecule has 1 saturated heterocycles. The predicted molar refractivity (Wildman–Crippen MR) is 133 cm³/mol. The summed E-state index contributed by atoms with van der Waals surface area (Å²) in [7, 11) is 0. The quantitative estimate of drug-likeness (QED) is 0.564. The van der Waals surface area contributed by atoms with Gasteiger partial charge in [0.1, 0.15) is 11.3 Å². The number of nitrogens with zero attached hydrogens (tertiary/aromatic N) is 4. The van der Waals surface area contributed by atoms with Gasteiger partial charge >= 0.3 is 0 Å². The van der Waals surface area contributed by atoms with E-state index >= 15 is 0 Å². The van der Waals surface area contributed by atoms with Crippen LogP contribution < -0.4 is 15.6 Å². The van der Waals surface area contributed by atoms with Crippen molar-refractivity contribution in [3.05, 3.63) is 52.3 Å². The number of nitrogens with one attached hydrogen (secondary N) is 1. The second-order valence-electron chi connectivity index (χ2n) is 11.8. The molecule has 3 aromatic heterocycles.